The quantitative estimate of drug-likeness (QED) is 0.649. The number of methoxy groups -OCH3 is 1. The molecule has 1 aliphatic rings. The number of carbonyl (C=O) groups excluding carboxylic acids is 2. The molecule has 2 heterocycles. The van der Waals surface area contributed by atoms with Crippen LogP contribution in [0.3, 0.4) is 0 Å². The number of carbonyl (C=O) groups is 2. The lowest BCUT2D eigenvalue weighted by atomic mass is 10.1. The van der Waals surface area contributed by atoms with E-state index in [2.05, 4.69) is 15.3 Å². The molecule has 2 aromatic carbocycles. The van der Waals surface area contributed by atoms with Crippen molar-refractivity contribution in [2.24, 2.45) is 0 Å². The number of rotatable bonds is 4. The minimum Gasteiger partial charge on any atom is -0.475 e. The molecule has 0 fully saturated rings. The smallest absolute Gasteiger partial charge is 0.348 e. The molecule has 1 atom stereocenters. The second-order valence-corrected chi connectivity index (χ2v) is 7.19. The van der Waals surface area contributed by atoms with Gasteiger partial charge < -0.3 is 19.7 Å². The summed E-state index contributed by atoms with van der Waals surface area (Å²) >= 11 is 0. The van der Waals surface area contributed by atoms with Crippen molar-refractivity contribution in [2.75, 3.05) is 23.9 Å². The van der Waals surface area contributed by atoms with E-state index in [-0.39, 0.29) is 12.5 Å². The Morgan fingerprint density at radius 3 is 2.42 bits per heavy atom. The number of amides is 1. The minimum absolute atomic E-state index is 0.0684. The Labute approximate surface area is 179 Å². The third-order valence-corrected chi connectivity index (χ3v) is 4.85. The molecule has 0 bridgehead atoms. The molecule has 0 aliphatic carbocycles. The number of nitrogens with zero attached hydrogens (tertiary/aromatic N) is 3. The van der Waals surface area contributed by atoms with Crippen molar-refractivity contribution >= 4 is 29.2 Å². The summed E-state index contributed by atoms with van der Waals surface area (Å²) in [5, 5.41) is 3.15. The lowest BCUT2D eigenvalue weighted by molar-refractivity contribution is -0.148. The molecule has 0 unspecified atom stereocenters. The van der Waals surface area contributed by atoms with Crippen molar-refractivity contribution in [1.82, 2.24) is 9.97 Å². The number of aromatic nitrogens is 2. The number of nitrogens with one attached hydrogen (secondary N) is 1. The summed E-state index contributed by atoms with van der Waals surface area (Å²) in [6.07, 6.45) is -0.883. The number of fused-ring (bicyclic) bond motifs is 1. The SMILES string of the molecule is COC(=O)[C@H]1CN(C(=O)c2ccc(Nc3nc(C)cc(C)n3)cc2)c2ccccc2O1. The van der Waals surface area contributed by atoms with Crippen molar-refractivity contribution in [2.45, 2.75) is 20.0 Å². The van der Waals surface area contributed by atoms with Crippen LogP contribution in [0.4, 0.5) is 17.3 Å². The van der Waals surface area contributed by atoms with E-state index < -0.39 is 12.1 Å². The first-order valence-corrected chi connectivity index (χ1v) is 9.79. The third-order valence-electron chi connectivity index (χ3n) is 4.85. The summed E-state index contributed by atoms with van der Waals surface area (Å²) in [6, 6.07) is 16.0. The zero-order chi connectivity index (χ0) is 22.0. The zero-order valence-electron chi connectivity index (χ0n) is 17.5. The van der Waals surface area contributed by atoms with Gasteiger partial charge in [0.1, 0.15) is 5.75 Å². The van der Waals surface area contributed by atoms with E-state index in [0.717, 1.165) is 17.1 Å². The average molecular weight is 418 g/mol. The van der Waals surface area contributed by atoms with Crippen molar-refractivity contribution < 1.29 is 19.1 Å². The van der Waals surface area contributed by atoms with Crippen LogP contribution in [0.5, 0.6) is 5.75 Å². The van der Waals surface area contributed by atoms with Crippen LogP contribution in [0.25, 0.3) is 0 Å². The van der Waals surface area contributed by atoms with Crippen LogP contribution >= 0.6 is 0 Å². The molecule has 4 rings (SSSR count). The maximum atomic E-state index is 13.3. The summed E-state index contributed by atoms with van der Waals surface area (Å²) in [5.74, 6) is 0.196. The molecule has 0 saturated heterocycles. The van der Waals surface area contributed by atoms with Gasteiger partial charge in [0.25, 0.3) is 5.91 Å². The monoisotopic (exact) mass is 418 g/mol. The highest BCUT2D eigenvalue weighted by molar-refractivity contribution is 6.08. The molecular formula is C23H22N4O4. The number of hydrogen-bond donors (Lipinski definition) is 1. The van der Waals surface area contributed by atoms with Gasteiger partial charge in [0, 0.05) is 22.6 Å². The number of benzene rings is 2. The average Bonchev–Trinajstić information content (AvgIpc) is 2.77. The summed E-state index contributed by atoms with van der Waals surface area (Å²) in [6.45, 7) is 3.88. The Balaban J connectivity index is 1.56. The molecule has 8 nitrogen and oxygen atoms in total. The van der Waals surface area contributed by atoms with E-state index in [1.807, 2.05) is 26.0 Å². The molecule has 1 amide bonds. The van der Waals surface area contributed by atoms with Gasteiger partial charge in [-0.05, 0) is 56.3 Å². The molecule has 3 aromatic rings. The van der Waals surface area contributed by atoms with E-state index in [1.54, 1.807) is 42.5 Å². The molecule has 1 aliphatic heterocycles. The molecule has 0 radical (unpaired) electrons. The van der Waals surface area contributed by atoms with Crippen LogP contribution in [-0.2, 0) is 9.53 Å². The van der Waals surface area contributed by atoms with Gasteiger partial charge in [-0.3, -0.25) is 4.79 Å². The normalized spacial score (nSPS) is 14.9. The van der Waals surface area contributed by atoms with Crippen LogP contribution in [0.1, 0.15) is 21.7 Å². The van der Waals surface area contributed by atoms with Crippen molar-refractivity contribution in [3.8, 4) is 5.75 Å². The lowest BCUT2D eigenvalue weighted by Gasteiger charge is -2.33. The Morgan fingerprint density at radius 1 is 1.06 bits per heavy atom. The van der Waals surface area contributed by atoms with Crippen LogP contribution in [0, 0.1) is 13.8 Å². The highest BCUT2D eigenvalue weighted by Gasteiger charge is 2.34. The summed E-state index contributed by atoms with van der Waals surface area (Å²) in [7, 11) is 1.30. The topological polar surface area (TPSA) is 93.7 Å². The van der Waals surface area contributed by atoms with Crippen molar-refractivity contribution in [3.05, 3.63) is 71.5 Å². The van der Waals surface area contributed by atoms with Gasteiger partial charge in [-0.15, -0.1) is 0 Å². The molecule has 0 spiro atoms. The first kappa shape index (κ1) is 20.3. The largest absolute Gasteiger partial charge is 0.475 e. The summed E-state index contributed by atoms with van der Waals surface area (Å²) in [4.78, 5) is 35.6. The molecular weight excluding hydrogens is 396 g/mol. The number of anilines is 3. The predicted molar refractivity (Wildman–Crippen MR) is 116 cm³/mol. The number of ether oxygens (including phenoxy) is 2. The standard InChI is InChI=1S/C23H22N4O4/c1-14-12-15(2)25-23(24-14)26-17-10-8-16(9-11-17)21(28)27-13-20(22(29)30-3)31-19-7-5-4-6-18(19)27/h4-12,20H,13H2,1-3H3,(H,24,25,26)/t20-/m1/s1. The van der Waals surface area contributed by atoms with Crippen LogP contribution in [0.15, 0.2) is 54.6 Å². The fourth-order valence-electron chi connectivity index (χ4n) is 3.44. The summed E-state index contributed by atoms with van der Waals surface area (Å²) in [5.41, 5.74) is 3.59. The Morgan fingerprint density at radius 2 is 1.74 bits per heavy atom. The maximum Gasteiger partial charge on any atom is 0.348 e. The highest BCUT2D eigenvalue weighted by Crippen LogP contribution is 2.34. The number of para-hydroxylation sites is 2. The molecule has 1 N–H and O–H groups in total. The first-order valence-electron chi connectivity index (χ1n) is 9.79. The van der Waals surface area contributed by atoms with E-state index >= 15 is 0 Å². The third kappa shape index (κ3) is 4.32. The van der Waals surface area contributed by atoms with Gasteiger partial charge >= 0.3 is 5.97 Å². The van der Waals surface area contributed by atoms with Crippen molar-refractivity contribution in [1.29, 1.82) is 0 Å². The fraction of sp³-hybridized carbons (Fsp3) is 0.217. The molecule has 158 valence electrons. The predicted octanol–water partition coefficient (Wildman–Crippen LogP) is 3.42. The Hall–Kier alpha value is -3.94. The molecule has 1 aromatic heterocycles. The van der Waals surface area contributed by atoms with Gasteiger partial charge in [-0.25, -0.2) is 14.8 Å². The molecule has 31 heavy (non-hydrogen) atoms. The van der Waals surface area contributed by atoms with Crippen molar-refractivity contribution in [3.63, 3.8) is 0 Å². The summed E-state index contributed by atoms with van der Waals surface area (Å²) < 4.78 is 10.5. The van der Waals surface area contributed by atoms with Gasteiger partial charge in [0.15, 0.2) is 0 Å². The van der Waals surface area contributed by atoms with Gasteiger partial charge in [-0.2, -0.15) is 0 Å². The number of esters is 1. The fourth-order valence-corrected chi connectivity index (χ4v) is 3.44. The second kappa shape index (κ2) is 8.43. The number of hydrogen-bond acceptors (Lipinski definition) is 7. The van der Waals surface area contributed by atoms with E-state index in [9.17, 15) is 9.59 Å². The van der Waals surface area contributed by atoms with E-state index in [1.165, 1.54) is 12.0 Å². The van der Waals surface area contributed by atoms with Gasteiger partial charge in [0.2, 0.25) is 12.1 Å². The Bertz CT molecular complexity index is 1110. The van der Waals surface area contributed by atoms with E-state index in [4.69, 9.17) is 9.47 Å². The highest BCUT2D eigenvalue weighted by atomic mass is 16.6. The number of aryl methyl sites for hydroxylation is 2. The second-order valence-electron chi connectivity index (χ2n) is 7.19. The van der Waals surface area contributed by atoms with Crippen LogP contribution < -0.4 is 15.0 Å². The van der Waals surface area contributed by atoms with Gasteiger partial charge in [0.05, 0.1) is 19.3 Å². The lowest BCUT2D eigenvalue weighted by Crippen LogP contribution is -2.47. The zero-order valence-corrected chi connectivity index (χ0v) is 17.5. The minimum atomic E-state index is -0.883. The first-order chi connectivity index (χ1) is 14.9. The molecule has 8 heteroatoms. The van der Waals surface area contributed by atoms with Crippen LogP contribution in [0.2, 0.25) is 0 Å². The van der Waals surface area contributed by atoms with Crippen LogP contribution in [-0.4, -0.2) is 41.6 Å². The van der Waals surface area contributed by atoms with Gasteiger partial charge in [-0.1, -0.05) is 12.1 Å². The molecule has 0 saturated carbocycles. The van der Waals surface area contributed by atoms with E-state index in [0.29, 0.717) is 22.9 Å². The maximum absolute atomic E-state index is 13.3. The Kier molecular flexibility index (Phi) is 5.53.